The van der Waals surface area contributed by atoms with Crippen molar-refractivity contribution in [3.63, 3.8) is 0 Å². The van der Waals surface area contributed by atoms with E-state index in [2.05, 4.69) is 15.6 Å². The van der Waals surface area contributed by atoms with E-state index in [0.717, 1.165) is 22.2 Å². The molecule has 0 fully saturated rings. The van der Waals surface area contributed by atoms with Crippen LogP contribution < -0.4 is 20.1 Å². The number of carbonyl (C=O) groups excluding carboxylic acids is 1. The second-order valence-corrected chi connectivity index (χ2v) is 8.43. The molecule has 0 saturated heterocycles. The van der Waals surface area contributed by atoms with Gasteiger partial charge in [-0.3, -0.25) is 10.1 Å². The second-order valence-electron chi connectivity index (χ2n) is 7.62. The second kappa shape index (κ2) is 9.70. The molecule has 4 rings (SSSR count). The van der Waals surface area contributed by atoms with Crippen molar-refractivity contribution in [2.75, 3.05) is 19.5 Å². The fraction of sp³-hybridized carbons (Fsp3) is 0.160. The zero-order valence-electron chi connectivity index (χ0n) is 19.0. The molecule has 0 atom stereocenters. The van der Waals surface area contributed by atoms with Gasteiger partial charge in [0.05, 0.1) is 30.5 Å². The van der Waals surface area contributed by atoms with Crippen molar-refractivity contribution in [3.8, 4) is 23.0 Å². The highest BCUT2D eigenvalue weighted by molar-refractivity contribution is 7.80. The Kier molecular flexibility index (Phi) is 6.72. The Morgan fingerprint density at radius 1 is 1.06 bits per heavy atom. The summed E-state index contributed by atoms with van der Waals surface area (Å²) >= 11 is 11.7. The van der Waals surface area contributed by atoms with Crippen LogP contribution in [0.2, 0.25) is 5.02 Å². The fourth-order valence-electron chi connectivity index (χ4n) is 3.56. The van der Waals surface area contributed by atoms with E-state index < -0.39 is 5.91 Å². The van der Waals surface area contributed by atoms with Crippen molar-refractivity contribution in [2.45, 2.75) is 13.8 Å². The summed E-state index contributed by atoms with van der Waals surface area (Å²) in [4.78, 5) is 17.4. The van der Waals surface area contributed by atoms with Gasteiger partial charge in [-0.1, -0.05) is 17.7 Å². The predicted molar refractivity (Wildman–Crippen MR) is 137 cm³/mol. The highest BCUT2D eigenvalue weighted by Gasteiger charge is 2.16. The first-order valence-electron chi connectivity index (χ1n) is 10.3. The standard InChI is InChI=1S/C25H22ClN3O4S/c1-13-9-14(2)22-20(10-13)27-24(33-22)15-5-8-18(26)19(11-15)28-25(34)29-23(30)17-7-6-16(31-3)12-21(17)32-4/h5-12H,1-4H3,(H2,28,29,30,34). The summed E-state index contributed by atoms with van der Waals surface area (Å²) in [7, 11) is 3.01. The number of benzene rings is 3. The van der Waals surface area contributed by atoms with E-state index in [1.54, 1.807) is 30.3 Å². The van der Waals surface area contributed by atoms with Crippen LogP contribution in [0.1, 0.15) is 21.5 Å². The molecule has 0 bridgehead atoms. The number of ether oxygens (including phenoxy) is 2. The van der Waals surface area contributed by atoms with Crippen LogP contribution >= 0.6 is 23.8 Å². The summed E-state index contributed by atoms with van der Waals surface area (Å²) in [6, 6.07) is 14.2. The number of aryl methyl sites for hydroxylation is 2. The number of methoxy groups -OCH3 is 2. The maximum Gasteiger partial charge on any atom is 0.261 e. The van der Waals surface area contributed by atoms with E-state index in [0.29, 0.717) is 39.2 Å². The van der Waals surface area contributed by atoms with Gasteiger partial charge in [-0.05, 0) is 73.6 Å². The first-order valence-corrected chi connectivity index (χ1v) is 11.1. The minimum absolute atomic E-state index is 0.0750. The summed E-state index contributed by atoms with van der Waals surface area (Å²) in [6.45, 7) is 4.00. The van der Waals surface area contributed by atoms with Gasteiger partial charge in [-0.2, -0.15) is 0 Å². The van der Waals surface area contributed by atoms with Crippen LogP contribution in [0.15, 0.2) is 52.9 Å². The number of carbonyl (C=O) groups is 1. The predicted octanol–water partition coefficient (Wildman–Crippen LogP) is 5.91. The van der Waals surface area contributed by atoms with Crippen molar-refractivity contribution in [3.05, 3.63) is 70.2 Å². The molecule has 2 N–H and O–H groups in total. The minimum Gasteiger partial charge on any atom is -0.497 e. The molecule has 0 aliphatic heterocycles. The highest BCUT2D eigenvalue weighted by atomic mass is 35.5. The summed E-state index contributed by atoms with van der Waals surface area (Å²) in [5.74, 6) is 0.957. The molecule has 0 unspecified atom stereocenters. The molecule has 34 heavy (non-hydrogen) atoms. The number of hydrogen-bond acceptors (Lipinski definition) is 6. The molecule has 1 amide bonds. The Balaban J connectivity index is 1.54. The van der Waals surface area contributed by atoms with Gasteiger partial charge >= 0.3 is 0 Å². The molecular formula is C25H22ClN3O4S. The van der Waals surface area contributed by atoms with Crippen LogP contribution in [0.3, 0.4) is 0 Å². The van der Waals surface area contributed by atoms with Crippen LogP contribution in [0, 0.1) is 13.8 Å². The first-order chi connectivity index (χ1) is 16.3. The van der Waals surface area contributed by atoms with Crippen molar-refractivity contribution in [2.24, 2.45) is 0 Å². The smallest absolute Gasteiger partial charge is 0.261 e. The normalized spacial score (nSPS) is 10.7. The number of halogens is 1. The van der Waals surface area contributed by atoms with Gasteiger partial charge in [0.25, 0.3) is 5.91 Å². The molecule has 0 saturated carbocycles. The number of rotatable bonds is 5. The number of hydrogen-bond donors (Lipinski definition) is 2. The van der Waals surface area contributed by atoms with Gasteiger partial charge in [0.1, 0.15) is 17.0 Å². The fourth-order valence-corrected chi connectivity index (χ4v) is 3.93. The average molecular weight is 496 g/mol. The Morgan fingerprint density at radius 3 is 2.59 bits per heavy atom. The quantitative estimate of drug-likeness (QED) is 0.333. The van der Waals surface area contributed by atoms with Crippen molar-refractivity contribution >= 4 is 51.6 Å². The zero-order valence-corrected chi connectivity index (χ0v) is 20.6. The number of oxazole rings is 1. The maximum atomic E-state index is 12.7. The molecule has 4 aromatic rings. The molecular weight excluding hydrogens is 474 g/mol. The Morgan fingerprint density at radius 2 is 1.85 bits per heavy atom. The Labute approximate surface area is 207 Å². The lowest BCUT2D eigenvalue weighted by molar-refractivity contribution is 0.0974. The number of nitrogens with zero attached hydrogens (tertiary/aromatic N) is 1. The zero-order chi connectivity index (χ0) is 24.4. The number of nitrogens with one attached hydrogen (secondary N) is 2. The van der Waals surface area contributed by atoms with Gasteiger partial charge in [0, 0.05) is 11.6 Å². The minimum atomic E-state index is -0.436. The third-order valence-corrected chi connectivity index (χ3v) is 5.70. The van der Waals surface area contributed by atoms with Crippen LogP contribution in [-0.2, 0) is 0 Å². The lowest BCUT2D eigenvalue weighted by Crippen LogP contribution is -2.34. The molecule has 0 aliphatic rings. The highest BCUT2D eigenvalue weighted by Crippen LogP contribution is 2.32. The van der Waals surface area contributed by atoms with Crippen molar-refractivity contribution in [1.82, 2.24) is 10.3 Å². The summed E-state index contributed by atoms with van der Waals surface area (Å²) in [5.41, 5.74) is 5.17. The van der Waals surface area contributed by atoms with Gasteiger partial charge in [0.2, 0.25) is 5.89 Å². The summed E-state index contributed by atoms with van der Waals surface area (Å²) < 4.78 is 16.5. The molecule has 174 valence electrons. The van der Waals surface area contributed by atoms with E-state index in [-0.39, 0.29) is 5.11 Å². The van der Waals surface area contributed by atoms with E-state index in [1.807, 2.05) is 32.0 Å². The topological polar surface area (TPSA) is 85.6 Å². The maximum absolute atomic E-state index is 12.7. The molecule has 0 radical (unpaired) electrons. The number of thiocarbonyl (C=S) groups is 1. The van der Waals surface area contributed by atoms with Crippen LogP contribution in [0.5, 0.6) is 11.5 Å². The van der Waals surface area contributed by atoms with Crippen LogP contribution in [-0.4, -0.2) is 30.2 Å². The van der Waals surface area contributed by atoms with Gasteiger partial charge < -0.3 is 19.2 Å². The summed E-state index contributed by atoms with van der Waals surface area (Å²) in [6.07, 6.45) is 0. The first kappa shape index (κ1) is 23.5. The largest absolute Gasteiger partial charge is 0.497 e. The Hall–Kier alpha value is -3.62. The van der Waals surface area contributed by atoms with Crippen LogP contribution in [0.25, 0.3) is 22.6 Å². The van der Waals surface area contributed by atoms with E-state index in [9.17, 15) is 4.79 Å². The molecule has 0 aliphatic carbocycles. The number of amides is 1. The molecule has 1 aromatic heterocycles. The SMILES string of the molecule is COc1ccc(C(=O)NC(=S)Nc2cc(-c3nc4cc(C)cc(C)c4o3)ccc2Cl)c(OC)c1. The molecule has 9 heteroatoms. The average Bonchev–Trinajstić information content (AvgIpc) is 3.24. The van der Waals surface area contributed by atoms with E-state index in [4.69, 9.17) is 37.7 Å². The van der Waals surface area contributed by atoms with Gasteiger partial charge in [-0.25, -0.2) is 4.98 Å². The molecule has 1 heterocycles. The Bertz CT molecular complexity index is 1420. The number of anilines is 1. The summed E-state index contributed by atoms with van der Waals surface area (Å²) in [5, 5.41) is 6.11. The third-order valence-electron chi connectivity index (χ3n) is 5.16. The van der Waals surface area contributed by atoms with Crippen LogP contribution in [0.4, 0.5) is 5.69 Å². The van der Waals surface area contributed by atoms with Gasteiger partial charge in [0.15, 0.2) is 10.7 Å². The number of fused-ring (bicyclic) bond motifs is 1. The monoisotopic (exact) mass is 495 g/mol. The lowest BCUT2D eigenvalue weighted by atomic mass is 10.1. The van der Waals surface area contributed by atoms with Crippen molar-refractivity contribution in [1.29, 1.82) is 0 Å². The molecule has 0 spiro atoms. The third kappa shape index (κ3) is 4.83. The molecule has 3 aromatic carbocycles. The van der Waals surface area contributed by atoms with E-state index >= 15 is 0 Å². The van der Waals surface area contributed by atoms with Gasteiger partial charge in [-0.15, -0.1) is 0 Å². The van der Waals surface area contributed by atoms with E-state index in [1.165, 1.54) is 14.2 Å². The lowest BCUT2D eigenvalue weighted by Gasteiger charge is -2.13. The van der Waals surface area contributed by atoms with Crippen molar-refractivity contribution < 1.29 is 18.7 Å². The molecule has 7 nitrogen and oxygen atoms in total. The number of aromatic nitrogens is 1.